The van der Waals surface area contributed by atoms with Crippen molar-refractivity contribution in [2.45, 2.75) is 6.42 Å². The van der Waals surface area contributed by atoms with E-state index in [1.165, 1.54) is 22.5 Å². The molecule has 1 aliphatic heterocycles. The Morgan fingerprint density at radius 1 is 0.812 bits per heavy atom. The third-order valence-electron chi connectivity index (χ3n) is 2.95. The molecule has 1 heterocycles. The topological polar surface area (TPSA) is 3.24 Å². The Morgan fingerprint density at radius 3 is 1.75 bits per heavy atom. The van der Waals surface area contributed by atoms with Crippen LogP contribution in [0.2, 0.25) is 0 Å². The Labute approximate surface area is 121 Å². The molecule has 0 aromatic heterocycles. The van der Waals surface area contributed by atoms with Crippen LogP contribution in [0.3, 0.4) is 0 Å². The molecule has 2 aromatic rings. The molecule has 0 saturated heterocycles. The molecule has 0 bridgehead atoms. The number of fused-ring (bicyclic) bond motifs is 2. The summed E-state index contributed by atoms with van der Waals surface area (Å²) in [6, 6.07) is 16.9. The smallest absolute Gasteiger partial charge is 0.0147 e. The summed E-state index contributed by atoms with van der Waals surface area (Å²) in [6.45, 7) is 0. The Balaban J connectivity index is 0.000000963. The molecule has 0 unspecified atom stereocenters. The molecule has 2 aromatic carbocycles. The van der Waals surface area contributed by atoms with E-state index >= 15 is 0 Å². The van der Waals surface area contributed by atoms with E-state index in [9.17, 15) is 0 Å². The van der Waals surface area contributed by atoms with Gasteiger partial charge in [0.1, 0.15) is 0 Å². The minimum Gasteiger partial charge on any atom is -0.497 e. The normalized spacial score (nSPS) is 12.4. The van der Waals surface area contributed by atoms with E-state index in [4.69, 9.17) is 0 Å². The van der Waals surface area contributed by atoms with Gasteiger partial charge in [-0.15, -0.1) is 0 Å². The minimum atomic E-state index is 0. The standard InChI is InChI=1S/C14H12N.Y/c1-15-13-8-4-2-6-11(13)10-12-7-3-5-9-14(12)15;/h2-9H,1,10H2;/q-1;. The van der Waals surface area contributed by atoms with E-state index in [0.29, 0.717) is 0 Å². The van der Waals surface area contributed by atoms with Crippen molar-refractivity contribution in [2.24, 2.45) is 0 Å². The van der Waals surface area contributed by atoms with Crippen LogP contribution in [-0.2, 0) is 39.1 Å². The Bertz CT molecular complexity index is 462. The molecule has 77 valence electrons. The second-order valence-electron chi connectivity index (χ2n) is 3.86. The summed E-state index contributed by atoms with van der Waals surface area (Å²) in [7, 11) is 4.11. The van der Waals surface area contributed by atoms with Crippen molar-refractivity contribution >= 4 is 11.4 Å². The first-order valence-electron chi connectivity index (χ1n) is 5.13. The Hall–Kier alpha value is -0.656. The van der Waals surface area contributed by atoms with Gasteiger partial charge in [0.25, 0.3) is 0 Å². The quantitative estimate of drug-likeness (QED) is 0.669. The van der Waals surface area contributed by atoms with Crippen LogP contribution in [0.5, 0.6) is 0 Å². The average Bonchev–Trinajstić information content (AvgIpc) is 2.30. The van der Waals surface area contributed by atoms with E-state index in [0.717, 1.165) is 6.42 Å². The number of nitrogens with zero attached hydrogens (tertiary/aromatic N) is 1. The number of hydrogen-bond acceptors (Lipinski definition) is 1. The summed E-state index contributed by atoms with van der Waals surface area (Å²) < 4.78 is 0. The zero-order valence-corrected chi connectivity index (χ0v) is 11.9. The van der Waals surface area contributed by atoms with E-state index in [1.54, 1.807) is 0 Å². The fourth-order valence-electron chi connectivity index (χ4n) is 2.18. The van der Waals surface area contributed by atoms with E-state index < -0.39 is 0 Å². The van der Waals surface area contributed by atoms with Crippen LogP contribution < -0.4 is 4.90 Å². The third kappa shape index (κ3) is 1.83. The monoisotopic (exact) mass is 283 g/mol. The van der Waals surface area contributed by atoms with Gasteiger partial charge < -0.3 is 4.90 Å². The molecule has 0 saturated carbocycles. The third-order valence-corrected chi connectivity index (χ3v) is 2.95. The maximum atomic E-state index is 4.11. The predicted molar refractivity (Wildman–Crippen MR) is 63.2 cm³/mol. The predicted octanol–water partition coefficient (Wildman–Crippen LogP) is 3.52. The summed E-state index contributed by atoms with van der Waals surface area (Å²) >= 11 is 0. The van der Waals surface area contributed by atoms with Gasteiger partial charge in [-0.05, 0) is 23.3 Å². The van der Waals surface area contributed by atoms with Gasteiger partial charge in [0.05, 0.1) is 0 Å². The van der Waals surface area contributed by atoms with Gasteiger partial charge in [0.15, 0.2) is 0 Å². The summed E-state index contributed by atoms with van der Waals surface area (Å²) in [5, 5.41) is 0. The molecular formula is C14H12NY-. The van der Waals surface area contributed by atoms with Crippen LogP contribution >= 0.6 is 0 Å². The molecule has 1 radical (unpaired) electrons. The summed E-state index contributed by atoms with van der Waals surface area (Å²) in [4.78, 5) is 2.02. The second kappa shape index (κ2) is 4.69. The Kier molecular flexibility index (Phi) is 3.46. The molecule has 2 heteroatoms. The van der Waals surface area contributed by atoms with Crippen LogP contribution in [0.1, 0.15) is 11.1 Å². The molecule has 0 amide bonds. The van der Waals surface area contributed by atoms with Gasteiger partial charge in [0, 0.05) is 50.5 Å². The largest absolute Gasteiger partial charge is 0.497 e. The van der Waals surface area contributed by atoms with Crippen LogP contribution in [0, 0.1) is 7.05 Å². The van der Waals surface area contributed by atoms with Crippen molar-refractivity contribution in [3.05, 3.63) is 66.7 Å². The molecule has 3 rings (SSSR count). The number of rotatable bonds is 0. The summed E-state index contributed by atoms with van der Waals surface area (Å²) in [5.41, 5.74) is 5.14. The SMILES string of the molecule is [CH2-]N1c2ccccc2Cc2ccccc21.[Y]. The van der Waals surface area contributed by atoms with Gasteiger partial charge in [-0.1, -0.05) is 36.4 Å². The minimum absolute atomic E-state index is 0. The zero-order valence-electron chi connectivity index (χ0n) is 9.06. The first-order chi connectivity index (χ1) is 7.36. The van der Waals surface area contributed by atoms with Gasteiger partial charge in [-0.25, -0.2) is 0 Å². The van der Waals surface area contributed by atoms with Crippen LogP contribution in [0.4, 0.5) is 11.4 Å². The molecule has 16 heavy (non-hydrogen) atoms. The number of benzene rings is 2. The number of para-hydroxylation sites is 2. The molecular weight excluding hydrogens is 271 g/mol. The molecule has 0 fully saturated rings. The van der Waals surface area contributed by atoms with E-state index in [-0.39, 0.29) is 32.7 Å². The molecule has 0 atom stereocenters. The van der Waals surface area contributed by atoms with Gasteiger partial charge in [-0.3, -0.25) is 7.05 Å². The average molecular weight is 283 g/mol. The molecule has 0 spiro atoms. The van der Waals surface area contributed by atoms with Crippen molar-refractivity contribution < 1.29 is 32.7 Å². The first-order valence-corrected chi connectivity index (χ1v) is 5.13. The van der Waals surface area contributed by atoms with Crippen molar-refractivity contribution in [2.75, 3.05) is 4.90 Å². The number of anilines is 2. The van der Waals surface area contributed by atoms with Crippen LogP contribution in [0.25, 0.3) is 0 Å². The van der Waals surface area contributed by atoms with Gasteiger partial charge in [-0.2, -0.15) is 0 Å². The fourth-order valence-corrected chi connectivity index (χ4v) is 2.18. The first kappa shape index (κ1) is 11.8. The molecule has 1 nitrogen and oxygen atoms in total. The van der Waals surface area contributed by atoms with Crippen molar-refractivity contribution in [1.29, 1.82) is 0 Å². The van der Waals surface area contributed by atoms with Crippen molar-refractivity contribution in [3.8, 4) is 0 Å². The van der Waals surface area contributed by atoms with E-state index in [1.807, 2.05) is 4.90 Å². The molecule has 1 aliphatic rings. The maximum Gasteiger partial charge on any atom is 0.0147 e. The fraction of sp³-hybridized carbons (Fsp3) is 0.0714. The zero-order chi connectivity index (χ0) is 10.3. The second-order valence-corrected chi connectivity index (χ2v) is 3.86. The molecule has 0 N–H and O–H groups in total. The van der Waals surface area contributed by atoms with Crippen LogP contribution in [0.15, 0.2) is 48.5 Å². The van der Waals surface area contributed by atoms with Gasteiger partial charge in [0.2, 0.25) is 0 Å². The number of hydrogen-bond donors (Lipinski definition) is 0. The van der Waals surface area contributed by atoms with E-state index in [2.05, 4.69) is 55.6 Å². The summed E-state index contributed by atoms with van der Waals surface area (Å²) in [5.74, 6) is 0. The van der Waals surface area contributed by atoms with Gasteiger partial charge >= 0.3 is 0 Å². The van der Waals surface area contributed by atoms with Crippen molar-refractivity contribution in [3.63, 3.8) is 0 Å². The Morgan fingerprint density at radius 2 is 1.25 bits per heavy atom. The maximum absolute atomic E-state index is 4.11. The van der Waals surface area contributed by atoms with Crippen LogP contribution in [-0.4, -0.2) is 0 Å². The van der Waals surface area contributed by atoms with Crippen molar-refractivity contribution in [1.82, 2.24) is 0 Å². The molecule has 0 aliphatic carbocycles. The summed E-state index contributed by atoms with van der Waals surface area (Å²) in [6.07, 6.45) is 1.01.